The molecule has 0 aliphatic carbocycles. The molecule has 0 aliphatic heterocycles. The zero-order valence-corrected chi connectivity index (χ0v) is 9.83. The van der Waals surface area contributed by atoms with Gasteiger partial charge in [-0.05, 0) is 17.1 Å². The van der Waals surface area contributed by atoms with Crippen LogP contribution in [-0.2, 0) is 6.54 Å². The van der Waals surface area contributed by atoms with Gasteiger partial charge in [-0.15, -0.1) is 0 Å². The van der Waals surface area contributed by atoms with Gasteiger partial charge in [-0.3, -0.25) is 0 Å². The third kappa shape index (κ3) is 2.55. The molecule has 2 aromatic rings. The summed E-state index contributed by atoms with van der Waals surface area (Å²) < 4.78 is 1.35. The number of nitro groups is 1. The van der Waals surface area contributed by atoms with Crippen molar-refractivity contribution in [3.05, 3.63) is 45.2 Å². The van der Waals surface area contributed by atoms with Crippen LogP contribution in [0.2, 0.25) is 5.02 Å². The predicted octanol–water partition coefficient (Wildman–Crippen LogP) is 1.17. The van der Waals surface area contributed by atoms with Crippen molar-refractivity contribution in [1.82, 2.24) is 14.8 Å². The molecule has 0 amide bonds. The Morgan fingerprint density at radius 3 is 2.94 bits per heavy atom. The first-order valence-corrected chi connectivity index (χ1v) is 5.28. The number of aromatic nitrogens is 3. The van der Waals surface area contributed by atoms with Gasteiger partial charge in [0, 0.05) is 0 Å². The first-order chi connectivity index (χ1) is 8.60. The Labute approximate surface area is 106 Å². The molecule has 0 spiro atoms. The van der Waals surface area contributed by atoms with Crippen LogP contribution in [0.5, 0.6) is 0 Å². The molecule has 18 heavy (non-hydrogen) atoms. The summed E-state index contributed by atoms with van der Waals surface area (Å²) in [4.78, 5) is 14.1. The molecule has 9 heteroatoms. The molecule has 0 saturated carbocycles. The molecule has 0 bridgehead atoms. The first kappa shape index (κ1) is 12.3. The Hall–Kier alpha value is -2.19. The van der Waals surface area contributed by atoms with Crippen LogP contribution < -0.4 is 11.3 Å². The quantitative estimate of drug-likeness (QED) is 0.489. The molecule has 0 atom stereocenters. The van der Waals surface area contributed by atoms with Crippen LogP contribution in [0.25, 0.3) is 0 Å². The molecule has 2 aromatic heterocycles. The number of nitrogens with zero attached hydrogens (tertiary/aromatic N) is 4. The zero-order chi connectivity index (χ0) is 13.1. The minimum Gasteiger partial charge on any atom is -0.358 e. The van der Waals surface area contributed by atoms with Gasteiger partial charge < -0.3 is 15.5 Å². The average molecular weight is 269 g/mol. The van der Waals surface area contributed by atoms with E-state index in [-0.39, 0.29) is 17.4 Å². The summed E-state index contributed by atoms with van der Waals surface area (Å²) in [5.41, 5.74) is 3.07. The van der Waals surface area contributed by atoms with Crippen molar-refractivity contribution < 1.29 is 4.92 Å². The molecule has 0 unspecified atom stereocenters. The standard InChI is InChI=1S/C9H9ClN6O2/c10-7-5-15(14-9(7)16(17)18)4-6-2-1-3-8(12-6)13-11/h1-3,5H,4,11H2,(H,12,13). The summed E-state index contributed by atoms with van der Waals surface area (Å²) in [7, 11) is 0. The van der Waals surface area contributed by atoms with Crippen molar-refractivity contribution in [2.45, 2.75) is 6.54 Å². The second kappa shape index (κ2) is 4.98. The SMILES string of the molecule is NNc1cccc(Cn2cc(Cl)c([N+](=O)[O-])n2)n1. The molecule has 0 saturated heterocycles. The van der Waals surface area contributed by atoms with E-state index in [4.69, 9.17) is 17.4 Å². The monoisotopic (exact) mass is 268 g/mol. The van der Waals surface area contributed by atoms with Crippen LogP contribution >= 0.6 is 11.6 Å². The number of hydrogen-bond donors (Lipinski definition) is 2. The van der Waals surface area contributed by atoms with Crippen molar-refractivity contribution in [2.75, 3.05) is 5.43 Å². The van der Waals surface area contributed by atoms with Crippen LogP contribution in [0.4, 0.5) is 11.6 Å². The van der Waals surface area contributed by atoms with E-state index in [2.05, 4.69) is 15.5 Å². The number of pyridine rings is 1. The number of nitrogens with two attached hydrogens (primary N) is 1. The number of hydrogen-bond acceptors (Lipinski definition) is 6. The summed E-state index contributed by atoms with van der Waals surface area (Å²) in [5, 5.41) is 14.3. The number of nitrogens with one attached hydrogen (secondary N) is 1. The highest BCUT2D eigenvalue weighted by atomic mass is 35.5. The summed E-state index contributed by atoms with van der Waals surface area (Å²) >= 11 is 5.69. The molecule has 94 valence electrons. The summed E-state index contributed by atoms with van der Waals surface area (Å²) in [6.07, 6.45) is 1.38. The van der Waals surface area contributed by atoms with E-state index in [9.17, 15) is 10.1 Å². The number of halogens is 1. The summed E-state index contributed by atoms with van der Waals surface area (Å²) in [6, 6.07) is 5.21. The highest BCUT2D eigenvalue weighted by Crippen LogP contribution is 2.21. The Balaban J connectivity index is 2.23. The van der Waals surface area contributed by atoms with Gasteiger partial charge in [0.05, 0.1) is 17.0 Å². The number of nitrogen functional groups attached to an aromatic ring is 1. The lowest BCUT2D eigenvalue weighted by Crippen LogP contribution is -2.10. The van der Waals surface area contributed by atoms with Gasteiger partial charge in [-0.1, -0.05) is 17.7 Å². The van der Waals surface area contributed by atoms with E-state index in [0.29, 0.717) is 11.5 Å². The number of rotatable bonds is 4. The minimum absolute atomic E-state index is 0.00638. The van der Waals surface area contributed by atoms with Crippen LogP contribution in [0.15, 0.2) is 24.4 Å². The maximum absolute atomic E-state index is 10.6. The molecule has 2 heterocycles. The van der Waals surface area contributed by atoms with Crippen molar-refractivity contribution >= 4 is 23.2 Å². The molecule has 0 aromatic carbocycles. The second-order valence-corrected chi connectivity index (χ2v) is 3.82. The fourth-order valence-electron chi connectivity index (χ4n) is 1.41. The number of hydrazine groups is 1. The van der Waals surface area contributed by atoms with Gasteiger partial charge in [0.15, 0.2) is 5.02 Å². The lowest BCUT2D eigenvalue weighted by Gasteiger charge is -2.01. The van der Waals surface area contributed by atoms with E-state index in [0.717, 1.165) is 0 Å². The topological polar surface area (TPSA) is 112 Å². The highest BCUT2D eigenvalue weighted by molar-refractivity contribution is 6.32. The van der Waals surface area contributed by atoms with Crippen molar-refractivity contribution in [3.63, 3.8) is 0 Å². The van der Waals surface area contributed by atoms with Crippen molar-refractivity contribution in [2.24, 2.45) is 5.84 Å². The van der Waals surface area contributed by atoms with E-state index < -0.39 is 4.92 Å². The van der Waals surface area contributed by atoms with Gasteiger partial charge >= 0.3 is 5.82 Å². The van der Waals surface area contributed by atoms with Gasteiger partial charge in [-0.25, -0.2) is 10.8 Å². The average Bonchev–Trinajstić information content (AvgIpc) is 2.70. The third-order valence-corrected chi connectivity index (χ3v) is 2.42. The Kier molecular flexibility index (Phi) is 3.40. The van der Waals surface area contributed by atoms with Crippen molar-refractivity contribution in [1.29, 1.82) is 0 Å². The molecule has 3 N–H and O–H groups in total. The Morgan fingerprint density at radius 1 is 1.56 bits per heavy atom. The highest BCUT2D eigenvalue weighted by Gasteiger charge is 2.19. The first-order valence-electron chi connectivity index (χ1n) is 4.90. The number of anilines is 1. The van der Waals surface area contributed by atoms with E-state index in [1.165, 1.54) is 10.9 Å². The predicted molar refractivity (Wildman–Crippen MR) is 65.0 cm³/mol. The van der Waals surface area contributed by atoms with Crippen LogP contribution in [0.1, 0.15) is 5.69 Å². The fraction of sp³-hybridized carbons (Fsp3) is 0.111. The Morgan fingerprint density at radius 2 is 2.33 bits per heavy atom. The van der Waals surface area contributed by atoms with Gasteiger partial charge in [0.25, 0.3) is 0 Å². The molecule has 0 aliphatic rings. The lowest BCUT2D eigenvalue weighted by atomic mass is 10.3. The van der Waals surface area contributed by atoms with Crippen LogP contribution in [-0.4, -0.2) is 19.7 Å². The maximum Gasteiger partial charge on any atom is 0.408 e. The summed E-state index contributed by atoms with van der Waals surface area (Å²) in [5.74, 6) is 5.36. The van der Waals surface area contributed by atoms with Gasteiger partial charge in [0.1, 0.15) is 12.4 Å². The van der Waals surface area contributed by atoms with E-state index in [1.807, 2.05) is 0 Å². The Bertz CT molecular complexity index is 584. The van der Waals surface area contributed by atoms with Crippen LogP contribution in [0.3, 0.4) is 0 Å². The minimum atomic E-state index is -0.635. The smallest absolute Gasteiger partial charge is 0.358 e. The van der Waals surface area contributed by atoms with Gasteiger partial charge in [-0.2, -0.15) is 4.68 Å². The molecule has 0 fully saturated rings. The van der Waals surface area contributed by atoms with Gasteiger partial charge in [0.2, 0.25) is 0 Å². The molecule has 0 radical (unpaired) electrons. The van der Waals surface area contributed by atoms with Crippen LogP contribution in [0, 0.1) is 10.1 Å². The molecular weight excluding hydrogens is 260 g/mol. The third-order valence-electron chi connectivity index (χ3n) is 2.15. The van der Waals surface area contributed by atoms with E-state index >= 15 is 0 Å². The largest absolute Gasteiger partial charge is 0.408 e. The maximum atomic E-state index is 10.6. The molecule has 2 rings (SSSR count). The molecule has 8 nitrogen and oxygen atoms in total. The lowest BCUT2D eigenvalue weighted by molar-refractivity contribution is -0.389. The summed E-state index contributed by atoms with van der Waals surface area (Å²) in [6.45, 7) is 0.267. The molecular formula is C9H9ClN6O2. The second-order valence-electron chi connectivity index (χ2n) is 3.41. The fourth-order valence-corrected chi connectivity index (χ4v) is 1.63. The normalized spacial score (nSPS) is 10.3. The van der Waals surface area contributed by atoms with E-state index in [1.54, 1.807) is 18.2 Å². The zero-order valence-electron chi connectivity index (χ0n) is 9.08. The van der Waals surface area contributed by atoms with Crippen molar-refractivity contribution in [3.8, 4) is 0 Å².